The highest BCUT2D eigenvalue weighted by Gasteiger charge is 2.70. The number of esters is 2. The Morgan fingerprint density at radius 2 is 2.11 bits per heavy atom. The molecule has 3 fully saturated rings. The molecular weight excluding hydrogens is 236 g/mol. The number of ether oxygens (including phenoxy) is 2. The van der Waals surface area contributed by atoms with Gasteiger partial charge in [-0.2, -0.15) is 0 Å². The van der Waals surface area contributed by atoms with E-state index in [-0.39, 0.29) is 18.3 Å². The molecule has 0 amide bonds. The van der Waals surface area contributed by atoms with E-state index in [1.165, 1.54) is 0 Å². The van der Waals surface area contributed by atoms with E-state index >= 15 is 0 Å². The van der Waals surface area contributed by atoms with E-state index in [2.05, 4.69) is 0 Å². The molecule has 0 aromatic rings. The van der Waals surface area contributed by atoms with E-state index in [9.17, 15) is 14.4 Å². The number of hydrogen-bond donors (Lipinski definition) is 0. The number of fused-ring (bicyclic) bond motifs is 1. The third-order valence-electron chi connectivity index (χ3n) is 4.42. The Labute approximate surface area is 105 Å². The van der Waals surface area contributed by atoms with Gasteiger partial charge in [0.05, 0.1) is 0 Å². The minimum atomic E-state index is -0.918. The highest BCUT2D eigenvalue weighted by atomic mass is 16.6. The standard InChI is InChI=1S/C13H16O5/c1-12(2)6-17-10(15)9(12)18-11(16)13-5-7(13)3-4-8(13)14/h7,9H,3-6H2,1-2H3/t7-,9-,13-/m0/s1. The average Bonchev–Trinajstić information content (AvgIpc) is 2.90. The first-order valence-electron chi connectivity index (χ1n) is 6.29. The van der Waals surface area contributed by atoms with Crippen molar-refractivity contribution in [2.24, 2.45) is 16.7 Å². The minimum Gasteiger partial charge on any atom is -0.462 e. The van der Waals surface area contributed by atoms with E-state index in [1.54, 1.807) is 0 Å². The summed E-state index contributed by atoms with van der Waals surface area (Å²) in [5.41, 5.74) is -1.44. The molecule has 98 valence electrons. The number of ketones is 1. The Bertz CT molecular complexity index is 452. The molecule has 2 aliphatic carbocycles. The number of Topliss-reactive ketones (excluding diaryl/α,β-unsaturated/α-hetero) is 1. The number of carbonyl (C=O) groups is 3. The van der Waals surface area contributed by atoms with Gasteiger partial charge in [-0.15, -0.1) is 0 Å². The monoisotopic (exact) mass is 252 g/mol. The van der Waals surface area contributed by atoms with Crippen LogP contribution in [-0.2, 0) is 23.9 Å². The van der Waals surface area contributed by atoms with Crippen molar-refractivity contribution in [3.05, 3.63) is 0 Å². The molecule has 3 aliphatic rings. The van der Waals surface area contributed by atoms with Gasteiger partial charge in [-0.25, -0.2) is 4.79 Å². The lowest BCUT2D eigenvalue weighted by atomic mass is 9.89. The third-order valence-corrected chi connectivity index (χ3v) is 4.42. The van der Waals surface area contributed by atoms with Gasteiger partial charge in [-0.3, -0.25) is 9.59 Å². The zero-order chi connectivity index (χ0) is 13.1. The van der Waals surface area contributed by atoms with Crippen molar-refractivity contribution < 1.29 is 23.9 Å². The van der Waals surface area contributed by atoms with Crippen LogP contribution in [0.25, 0.3) is 0 Å². The number of carbonyl (C=O) groups excluding carboxylic acids is 3. The summed E-state index contributed by atoms with van der Waals surface area (Å²) in [6, 6.07) is 0. The van der Waals surface area contributed by atoms with Crippen LogP contribution in [0.4, 0.5) is 0 Å². The smallest absolute Gasteiger partial charge is 0.348 e. The second-order valence-electron chi connectivity index (χ2n) is 6.22. The first kappa shape index (κ1) is 11.7. The molecule has 1 saturated heterocycles. The second kappa shape index (κ2) is 3.33. The van der Waals surface area contributed by atoms with Gasteiger partial charge in [0.2, 0.25) is 6.10 Å². The lowest BCUT2D eigenvalue weighted by Gasteiger charge is -2.23. The molecule has 0 aromatic heterocycles. The van der Waals surface area contributed by atoms with E-state index < -0.39 is 28.9 Å². The lowest BCUT2D eigenvalue weighted by Crippen LogP contribution is -2.38. The molecule has 0 N–H and O–H groups in total. The molecule has 18 heavy (non-hydrogen) atoms. The zero-order valence-corrected chi connectivity index (χ0v) is 10.5. The van der Waals surface area contributed by atoms with Crippen molar-refractivity contribution >= 4 is 17.7 Å². The third kappa shape index (κ3) is 1.36. The van der Waals surface area contributed by atoms with E-state index in [0.717, 1.165) is 6.42 Å². The molecule has 2 saturated carbocycles. The van der Waals surface area contributed by atoms with Crippen LogP contribution in [0, 0.1) is 16.7 Å². The molecular formula is C13H16O5. The summed E-state index contributed by atoms with van der Waals surface area (Å²) in [4.78, 5) is 35.5. The van der Waals surface area contributed by atoms with E-state index in [0.29, 0.717) is 12.8 Å². The van der Waals surface area contributed by atoms with Crippen molar-refractivity contribution in [3.63, 3.8) is 0 Å². The Morgan fingerprint density at radius 3 is 2.56 bits per heavy atom. The van der Waals surface area contributed by atoms with E-state index in [4.69, 9.17) is 9.47 Å². The SMILES string of the molecule is CC1(C)COC(=O)[C@@H]1OC(=O)[C@@]12C[C@@H]1CCC2=O. The van der Waals surface area contributed by atoms with Gasteiger partial charge in [-0.05, 0) is 18.8 Å². The maximum absolute atomic E-state index is 12.2. The van der Waals surface area contributed by atoms with Crippen molar-refractivity contribution in [1.29, 1.82) is 0 Å². The first-order valence-corrected chi connectivity index (χ1v) is 6.29. The normalized spacial score (nSPS) is 40.3. The van der Waals surface area contributed by atoms with Gasteiger partial charge in [0, 0.05) is 11.8 Å². The molecule has 0 aromatic carbocycles. The molecule has 1 heterocycles. The van der Waals surface area contributed by atoms with Crippen LogP contribution >= 0.6 is 0 Å². The summed E-state index contributed by atoms with van der Waals surface area (Å²) in [5.74, 6) is -0.918. The predicted molar refractivity (Wildman–Crippen MR) is 59.4 cm³/mol. The lowest BCUT2D eigenvalue weighted by molar-refractivity contribution is -0.169. The number of hydrogen-bond acceptors (Lipinski definition) is 5. The Kier molecular flexibility index (Phi) is 2.17. The Morgan fingerprint density at radius 1 is 1.39 bits per heavy atom. The maximum Gasteiger partial charge on any atom is 0.348 e. The minimum absolute atomic E-state index is 0.0262. The topological polar surface area (TPSA) is 69.7 Å². The van der Waals surface area contributed by atoms with Crippen LogP contribution in [0.5, 0.6) is 0 Å². The maximum atomic E-state index is 12.2. The van der Waals surface area contributed by atoms with Crippen LogP contribution < -0.4 is 0 Å². The molecule has 0 unspecified atom stereocenters. The molecule has 0 radical (unpaired) electrons. The molecule has 3 rings (SSSR count). The summed E-state index contributed by atoms with van der Waals surface area (Å²) in [6.45, 7) is 3.87. The number of rotatable bonds is 2. The van der Waals surface area contributed by atoms with Crippen molar-refractivity contribution in [2.45, 2.75) is 39.2 Å². The summed E-state index contributed by atoms with van der Waals surface area (Å²) in [5, 5.41) is 0. The van der Waals surface area contributed by atoms with Crippen molar-refractivity contribution in [2.75, 3.05) is 6.61 Å². The number of cyclic esters (lactones) is 1. The van der Waals surface area contributed by atoms with Crippen LogP contribution in [-0.4, -0.2) is 30.4 Å². The Balaban J connectivity index is 1.76. The van der Waals surface area contributed by atoms with Gasteiger partial charge >= 0.3 is 11.9 Å². The highest BCUT2D eigenvalue weighted by molar-refractivity contribution is 6.09. The fourth-order valence-corrected chi connectivity index (χ4v) is 3.06. The van der Waals surface area contributed by atoms with Crippen LogP contribution in [0.3, 0.4) is 0 Å². The predicted octanol–water partition coefficient (Wildman–Crippen LogP) is 0.850. The summed E-state index contributed by atoms with van der Waals surface area (Å²) >= 11 is 0. The molecule has 3 atom stereocenters. The summed E-state index contributed by atoms with van der Waals surface area (Å²) in [6.07, 6.45) is 0.937. The van der Waals surface area contributed by atoms with Crippen molar-refractivity contribution in [3.8, 4) is 0 Å². The molecule has 1 aliphatic heterocycles. The van der Waals surface area contributed by atoms with Gasteiger partial charge in [-0.1, -0.05) is 13.8 Å². The van der Waals surface area contributed by atoms with Crippen LogP contribution in [0.15, 0.2) is 0 Å². The summed E-state index contributed by atoms with van der Waals surface area (Å²) < 4.78 is 10.2. The largest absolute Gasteiger partial charge is 0.462 e. The van der Waals surface area contributed by atoms with Crippen molar-refractivity contribution in [1.82, 2.24) is 0 Å². The molecule has 0 spiro atoms. The quantitative estimate of drug-likeness (QED) is 0.538. The fourth-order valence-electron chi connectivity index (χ4n) is 3.06. The van der Waals surface area contributed by atoms with Gasteiger partial charge in [0.1, 0.15) is 17.8 Å². The van der Waals surface area contributed by atoms with Crippen LogP contribution in [0.1, 0.15) is 33.1 Å². The van der Waals surface area contributed by atoms with Gasteiger partial charge < -0.3 is 9.47 Å². The molecule has 5 heteroatoms. The first-order chi connectivity index (χ1) is 8.38. The highest BCUT2D eigenvalue weighted by Crippen LogP contribution is 2.62. The fraction of sp³-hybridized carbons (Fsp3) is 0.769. The summed E-state index contributed by atoms with van der Waals surface area (Å²) in [7, 11) is 0. The second-order valence-corrected chi connectivity index (χ2v) is 6.22. The van der Waals surface area contributed by atoms with Crippen LogP contribution in [0.2, 0.25) is 0 Å². The van der Waals surface area contributed by atoms with Gasteiger partial charge in [0.25, 0.3) is 0 Å². The molecule has 0 bridgehead atoms. The zero-order valence-electron chi connectivity index (χ0n) is 10.5. The Hall–Kier alpha value is -1.39. The van der Waals surface area contributed by atoms with Gasteiger partial charge in [0.15, 0.2) is 0 Å². The average molecular weight is 252 g/mol. The van der Waals surface area contributed by atoms with E-state index in [1.807, 2.05) is 13.8 Å². The molecule has 5 nitrogen and oxygen atoms in total.